The van der Waals surface area contributed by atoms with Crippen LogP contribution < -0.4 is 11.1 Å². The molecule has 4 nitrogen and oxygen atoms in total. The first-order valence-corrected chi connectivity index (χ1v) is 7.57. The molecule has 0 radical (unpaired) electrons. The zero-order chi connectivity index (χ0) is 15.8. The van der Waals surface area contributed by atoms with Crippen LogP contribution in [-0.4, -0.2) is 17.6 Å². The third kappa shape index (κ3) is 6.61. The van der Waals surface area contributed by atoms with Gasteiger partial charge in [-0.2, -0.15) is 0 Å². The third-order valence-corrected chi connectivity index (χ3v) is 3.48. The molecule has 5 heteroatoms. The maximum atomic E-state index is 10.4. The molecule has 2 rings (SSSR count). The molecule has 0 heterocycles. The van der Waals surface area contributed by atoms with Crippen LogP contribution in [0.5, 0.6) is 0 Å². The fourth-order valence-corrected chi connectivity index (χ4v) is 2.34. The predicted octanol–water partition coefficient (Wildman–Crippen LogP) is 4.41. The summed E-state index contributed by atoms with van der Waals surface area (Å²) >= 11 is 0. The average Bonchev–Trinajstić information content (AvgIpc) is 2.51. The number of hydrogen-bond acceptors (Lipinski definition) is 3. The fourth-order valence-electron chi connectivity index (χ4n) is 2.34. The molecule has 0 bridgehead atoms. The Bertz CT molecular complexity index is 632. The molecule has 0 aliphatic rings. The number of aliphatic carboxylic acids is 1. The highest BCUT2D eigenvalue weighted by Gasteiger charge is 2.00. The molecule has 2 aromatic rings. The SMILES string of the molecule is Cl.Nc1cccc(-c2cccc(NCCCCCC(=O)O)c2)c1. The summed E-state index contributed by atoms with van der Waals surface area (Å²) in [5.41, 5.74) is 9.88. The lowest BCUT2D eigenvalue weighted by atomic mass is 10.0. The van der Waals surface area contributed by atoms with Gasteiger partial charge >= 0.3 is 5.97 Å². The van der Waals surface area contributed by atoms with Gasteiger partial charge in [0.1, 0.15) is 0 Å². The number of unbranched alkanes of at least 4 members (excludes halogenated alkanes) is 2. The highest BCUT2D eigenvalue weighted by atomic mass is 35.5. The lowest BCUT2D eigenvalue weighted by Gasteiger charge is -2.09. The number of carbonyl (C=O) groups is 1. The molecule has 2 aromatic carbocycles. The number of nitrogens with two attached hydrogens (primary N) is 1. The Hall–Kier alpha value is -2.20. The molecule has 0 unspecified atom stereocenters. The number of carboxylic acids is 1. The second-order valence-electron chi connectivity index (χ2n) is 5.34. The Morgan fingerprint density at radius 2 is 1.70 bits per heavy atom. The molecule has 0 atom stereocenters. The summed E-state index contributed by atoms with van der Waals surface area (Å²) in [6.07, 6.45) is 2.88. The molecule has 0 spiro atoms. The molecule has 0 fully saturated rings. The van der Waals surface area contributed by atoms with Crippen LogP contribution in [0.25, 0.3) is 11.1 Å². The second kappa shape index (κ2) is 9.74. The van der Waals surface area contributed by atoms with Crippen molar-refractivity contribution < 1.29 is 9.90 Å². The minimum Gasteiger partial charge on any atom is -0.481 e. The van der Waals surface area contributed by atoms with Crippen molar-refractivity contribution in [3.63, 3.8) is 0 Å². The first kappa shape index (κ1) is 18.8. The van der Waals surface area contributed by atoms with Crippen LogP contribution in [0.1, 0.15) is 25.7 Å². The summed E-state index contributed by atoms with van der Waals surface area (Å²) in [7, 11) is 0. The monoisotopic (exact) mass is 334 g/mol. The number of carboxylic acid groups (broad SMARTS) is 1. The van der Waals surface area contributed by atoms with Gasteiger partial charge in [0, 0.05) is 24.3 Å². The van der Waals surface area contributed by atoms with E-state index in [2.05, 4.69) is 17.4 Å². The van der Waals surface area contributed by atoms with Crippen molar-refractivity contribution in [1.82, 2.24) is 0 Å². The highest BCUT2D eigenvalue weighted by Crippen LogP contribution is 2.24. The topological polar surface area (TPSA) is 75.3 Å². The van der Waals surface area contributed by atoms with E-state index in [4.69, 9.17) is 10.8 Å². The van der Waals surface area contributed by atoms with Gasteiger partial charge in [-0.15, -0.1) is 12.4 Å². The average molecular weight is 335 g/mol. The minimum atomic E-state index is -0.720. The lowest BCUT2D eigenvalue weighted by Crippen LogP contribution is -2.02. The molecule has 4 N–H and O–H groups in total. The summed E-state index contributed by atoms with van der Waals surface area (Å²) in [4.78, 5) is 10.4. The van der Waals surface area contributed by atoms with Gasteiger partial charge in [-0.05, 0) is 48.2 Å². The van der Waals surface area contributed by atoms with Crippen LogP contribution in [-0.2, 0) is 4.79 Å². The standard InChI is InChI=1S/C18H22N2O2.ClH/c19-16-8-4-6-14(12-16)15-7-5-9-17(13-15)20-11-3-1-2-10-18(21)22;/h4-9,12-13,20H,1-3,10-11,19H2,(H,21,22);1H. The van der Waals surface area contributed by atoms with Gasteiger partial charge in [0.05, 0.1) is 0 Å². The van der Waals surface area contributed by atoms with Crippen molar-refractivity contribution in [2.75, 3.05) is 17.6 Å². The number of nitrogens with one attached hydrogen (secondary N) is 1. The number of halogens is 1. The van der Waals surface area contributed by atoms with Crippen molar-refractivity contribution in [3.05, 3.63) is 48.5 Å². The summed E-state index contributed by atoms with van der Waals surface area (Å²) in [6.45, 7) is 0.847. The molecule has 23 heavy (non-hydrogen) atoms. The first-order valence-electron chi connectivity index (χ1n) is 7.57. The number of hydrogen-bond donors (Lipinski definition) is 3. The molecule has 0 amide bonds. The van der Waals surface area contributed by atoms with Crippen molar-refractivity contribution in [2.24, 2.45) is 0 Å². The third-order valence-electron chi connectivity index (χ3n) is 3.48. The summed E-state index contributed by atoms with van der Waals surface area (Å²) in [5, 5.41) is 12.0. The Morgan fingerprint density at radius 3 is 2.39 bits per heavy atom. The first-order chi connectivity index (χ1) is 10.6. The van der Waals surface area contributed by atoms with E-state index in [1.54, 1.807) is 0 Å². The predicted molar refractivity (Wildman–Crippen MR) is 98.1 cm³/mol. The van der Waals surface area contributed by atoms with E-state index in [1.165, 1.54) is 0 Å². The quantitative estimate of drug-likeness (QED) is 0.493. The van der Waals surface area contributed by atoms with Gasteiger partial charge in [-0.3, -0.25) is 4.79 Å². The number of rotatable bonds is 8. The molecule has 0 saturated heterocycles. The van der Waals surface area contributed by atoms with E-state index >= 15 is 0 Å². The fraction of sp³-hybridized carbons (Fsp3) is 0.278. The molecule has 0 aliphatic heterocycles. The molecule has 124 valence electrons. The van der Waals surface area contributed by atoms with Crippen LogP contribution in [0.2, 0.25) is 0 Å². The van der Waals surface area contributed by atoms with E-state index < -0.39 is 5.97 Å². The van der Waals surface area contributed by atoms with Crippen LogP contribution in [0.3, 0.4) is 0 Å². The van der Waals surface area contributed by atoms with Crippen LogP contribution in [0.15, 0.2) is 48.5 Å². The summed E-state index contributed by atoms with van der Waals surface area (Å²) in [6, 6.07) is 16.1. The lowest BCUT2D eigenvalue weighted by molar-refractivity contribution is -0.137. The van der Waals surface area contributed by atoms with E-state index in [9.17, 15) is 4.79 Å². The normalized spacial score (nSPS) is 9.91. The summed E-state index contributed by atoms with van der Waals surface area (Å²) < 4.78 is 0. The Balaban J connectivity index is 0.00000264. The largest absolute Gasteiger partial charge is 0.481 e. The smallest absolute Gasteiger partial charge is 0.303 e. The zero-order valence-electron chi connectivity index (χ0n) is 13.0. The van der Waals surface area contributed by atoms with Gasteiger partial charge in [-0.25, -0.2) is 0 Å². The van der Waals surface area contributed by atoms with Crippen LogP contribution in [0.4, 0.5) is 11.4 Å². The van der Waals surface area contributed by atoms with Gasteiger partial charge in [0.2, 0.25) is 0 Å². The molecule has 0 aliphatic carbocycles. The van der Waals surface area contributed by atoms with Crippen molar-refractivity contribution in [2.45, 2.75) is 25.7 Å². The van der Waals surface area contributed by atoms with Crippen LogP contribution >= 0.6 is 12.4 Å². The van der Waals surface area contributed by atoms with E-state index in [0.717, 1.165) is 48.3 Å². The number of benzene rings is 2. The molecular weight excluding hydrogens is 312 g/mol. The molecule has 0 aromatic heterocycles. The van der Waals surface area contributed by atoms with Gasteiger partial charge in [0.25, 0.3) is 0 Å². The van der Waals surface area contributed by atoms with E-state index in [1.807, 2.05) is 36.4 Å². The Kier molecular flexibility index (Phi) is 7.98. The van der Waals surface area contributed by atoms with Gasteiger partial charge < -0.3 is 16.2 Å². The van der Waals surface area contributed by atoms with Crippen molar-refractivity contribution in [3.8, 4) is 11.1 Å². The van der Waals surface area contributed by atoms with Crippen molar-refractivity contribution in [1.29, 1.82) is 0 Å². The Labute approximate surface area is 143 Å². The van der Waals surface area contributed by atoms with Crippen LogP contribution in [0, 0.1) is 0 Å². The maximum absolute atomic E-state index is 10.4. The number of anilines is 2. The molecule has 0 saturated carbocycles. The van der Waals surface area contributed by atoms with Gasteiger partial charge in [0.15, 0.2) is 0 Å². The highest BCUT2D eigenvalue weighted by molar-refractivity contribution is 5.85. The maximum Gasteiger partial charge on any atom is 0.303 e. The summed E-state index contributed by atoms with van der Waals surface area (Å²) in [5.74, 6) is -0.720. The van der Waals surface area contributed by atoms with Gasteiger partial charge in [-0.1, -0.05) is 30.7 Å². The van der Waals surface area contributed by atoms with Crippen molar-refractivity contribution >= 4 is 29.8 Å². The Morgan fingerprint density at radius 1 is 1.00 bits per heavy atom. The van der Waals surface area contributed by atoms with E-state index in [-0.39, 0.29) is 18.8 Å². The zero-order valence-corrected chi connectivity index (χ0v) is 13.8. The second-order valence-corrected chi connectivity index (χ2v) is 5.34. The number of nitrogen functional groups attached to an aromatic ring is 1. The molecular formula is C18H23ClN2O2. The van der Waals surface area contributed by atoms with E-state index in [0.29, 0.717) is 0 Å². The minimum absolute atomic E-state index is 0.